The third-order valence-electron chi connectivity index (χ3n) is 1.39. The van der Waals surface area contributed by atoms with Crippen molar-refractivity contribution in [3.05, 3.63) is 34.5 Å². The largest absolute Gasteiger partial charge is 0.307 e. The fourth-order valence-electron chi connectivity index (χ4n) is 0.902. The lowest BCUT2D eigenvalue weighted by Crippen LogP contribution is -2.09. The number of aromatic nitrogens is 1. The van der Waals surface area contributed by atoms with Crippen molar-refractivity contribution in [1.29, 1.82) is 0 Å². The van der Waals surface area contributed by atoms with E-state index in [9.17, 15) is 4.79 Å². The zero-order chi connectivity index (χ0) is 10.6. The van der Waals surface area contributed by atoms with Crippen LogP contribution in [-0.4, -0.2) is 10.9 Å². The summed E-state index contributed by atoms with van der Waals surface area (Å²) in [6.07, 6.45) is 1.53. The van der Waals surface area contributed by atoms with Crippen LogP contribution >= 0.6 is 15.9 Å². The lowest BCUT2D eigenvalue weighted by molar-refractivity contribution is -0.112. The van der Waals surface area contributed by atoms with Crippen molar-refractivity contribution in [3.8, 4) is 0 Å². The number of hydrogen-bond donors (Lipinski definition) is 1. The molecule has 0 atom stereocenters. The molecule has 0 aliphatic heterocycles. The molecule has 0 aliphatic rings. The van der Waals surface area contributed by atoms with Gasteiger partial charge in [0.15, 0.2) is 0 Å². The summed E-state index contributed by atoms with van der Waals surface area (Å²) in [6, 6.07) is 5.35. The molecule has 1 aromatic rings. The third-order valence-corrected chi connectivity index (χ3v) is 1.83. The highest BCUT2D eigenvalue weighted by atomic mass is 79.9. The maximum Gasteiger partial charge on any atom is 0.249 e. The first-order chi connectivity index (χ1) is 6.58. The molecule has 1 amide bonds. The van der Waals surface area contributed by atoms with E-state index >= 15 is 0 Å². The zero-order valence-corrected chi connectivity index (χ0v) is 9.63. The standard InChI is InChI=1S/C10H11BrN2O/c1-7(2)6-10(14)13-9-5-3-4-8(11)12-9/h3-6H,1-2H3,(H,12,13,14). The Morgan fingerprint density at radius 1 is 1.50 bits per heavy atom. The summed E-state index contributed by atoms with van der Waals surface area (Å²) in [7, 11) is 0. The molecule has 0 fully saturated rings. The normalized spacial score (nSPS) is 9.36. The summed E-state index contributed by atoms with van der Waals surface area (Å²) in [5.74, 6) is 0.387. The highest BCUT2D eigenvalue weighted by Crippen LogP contribution is 2.09. The number of nitrogens with zero attached hydrogens (tertiary/aromatic N) is 1. The van der Waals surface area contributed by atoms with E-state index in [0.29, 0.717) is 10.4 Å². The second-order valence-corrected chi connectivity index (χ2v) is 3.87. The first kappa shape index (κ1) is 10.9. The molecule has 1 rings (SSSR count). The Bertz CT molecular complexity index is 370. The van der Waals surface area contributed by atoms with Crippen molar-refractivity contribution < 1.29 is 4.79 Å². The third kappa shape index (κ3) is 3.70. The first-order valence-corrected chi connectivity index (χ1v) is 4.95. The SMILES string of the molecule is CC(C)=CC(=O)Nc1cccc(Br)n1. The minimum absolute atomic E-state index is 0.157. The zero-order valence-electron chi connectivity index (χ0n) is 8.04. The number of hydrogen-bond acceptors (Lipinski definition) is 2. The van der Waals surface area contributed by atoms with Gasteiger partial charge in [0.2, 0.25) is 5.91 Å². The van der Waals surface area contributed by atoms with Crippen LogP contribution in [0.2, 0.25) is 0 Å². The van der Waals surface area contributed by atoms with Crippen molar-refractivity contribution in [1.82, 2.24) is 4.98 Å². The second-order valence-electron chi connectivity index (χ2n) is 3.06. The Morgan fingerprint density at radius 2 is 2.21 bits per heavy atom. The molecule has 1 N–H and O–H groups in total. The van der Waals surface area contributed by atoms with Gasteiger partial charge >= 0.3 is 0 Å². The number of carbonyl (C=O) groups is 1. The topological polar surface area (TPSA) is 42.0 Å². The summed E-state index contributed by atoms with van der Waals surface area (Å²) < 4.78 is 0.701. The van der Waals surface area contributed by atoms with E-state index < -0.39 is 0 Å². The number of nitrogens with one attached hydrogen (secondary N) is 1. The number of amides is 1. The van der Waals surface area contributed by atoms with Gasteiger partial charge in [-0.1, -0.05) is 11.6 Å². The molecule has 0 bridgehead atoms. The number of pyridine rings is 1. The highest BCUT2D eigenvalue weighted by molar-refractivity contribution is 9.10. The van der Waals surface area contributed by atoms with Crippen LogP contribution in [0.15, 0.2) is 34.5 Å². The fraction of sp³-hybridized carbons (Fsp3) is 0.200. The minimum Gasteiger partial charge on any atom is -0.307 e. The molecule has 0 spiro atoms. The Balaban J connectivity index is 2.70. The number of halogens is 1. The molecule has 14 heavy (non-hydrogen) atoms. The van der Waals surface area contributed by atoms with Crippen LogP contribution in [0, 0.1) is 0 Å². The minimum atomic E-state index is -0.157. The van der Waals surface area contributed by atoms with Crippen LogP contribution in [0.3, 0.4) is 0 Å². The molecule has 74 valence electrons. The van der Waals surface area contributed by atoms with Crippen molar-refractivity contribution in [2.75, 3.05) is 5.32 Å². The fourth-order valence-corrected chi connectivity index (χ4v) is 1.25. The van der Waals surface area contributed by atoms with Crippen molar-refractivity contribution in [2.24, 2.45) is 0 Å². The molecule has 3 nitrogen and oxygen atoms in total. The van der Waals surface area contributed by atoms with E-state index in [2.05, 4.69) is 26.2 Å². The first-order valence-electron chi connectivity index (χ1n) is 4.16. The molecule has 0 saturated carbocycles. The van der Waals surface area contributed by atoms with Gasteiger partial charge in [-0.3, -0.25) is 4.79 Å². The number of allylic oxidation sites excluding steroid dienone is 1. The van der Waals surface area contributed by atoms with E-state index in [4.69, 9.17) is 0 Å². The maximum atomic E-state index is 11.3. The average Bonchev–Trinajstić information content (AvgIpc) is 2.01. The lowest BCUT2D eigenvalue weighted by atomic mass is 10.3. The van der Waals surface area contributed by atoms with Gasteiger partial charge in [0.1, 0.15) is 10.4 Å². The van der Waals surface area contributed by atoms with Crippen LogP contribution < -0.4 is 5.32 Å². The predicted molar refractivity (Wildman–Crippen MR) is 60.0 cm³/mol. The Morgan fingerprint density at radius 3 is 2.79 bits per heavy atom. The Kier molecular flexibility index (Phi) is 3.83. The molecule has 1 aromatic heterocycles. The van der Waals surface area contributed by atoms with Gasteiger partial charge in [-0.2, -0.15) is 0 Å². The molecule has 1 heterocycles. The average molecular weight is 255 g/mol. The van der Waals surface area contributed by atoms with E-state index in [0.717, 1.165) is 5.57 Å². The van der Waals surface area contributed by atoms with Crippen LogP contribution in [0.5, 0.6) is 0 Å². The van der Waals surface area contributed by atoms with Gasteiger partial charge in [-0.05, 0) is 41.9 Å². The van der Waals surface area contributed by atoms with Crippen molar-refractivity contribution in [2.45, 2.75) is 13.8 Å². The van der Waals surface area contributed by atoms with Crippen LogP contribution in [-0.2, 0) is 4.79 Å². The molecule has 0 radical (unpaired) electrons. The van der Waals surface area contributed by atoms with Gasteiger partial charge in [0, 0.05) is 6.08 Å². The van der Waals surface area contributed by atoms with Crippen LogP contribution in [0.4, 0.5) is 5.82 Å². The maximum absolute atomic E-state index is 11.3. The molecular weight excluding hydrogens is 244 g/mol. The molecule has 0 saturated heterocycles. The molecule has 0 unspecified atom stereocenters. The number of anilines is 1. The monoisotopic (exact) mass is 254 g/mol. The summed E-state index contributed by atoms with van der Waals surface area (Å²) in [6.45, 7) is 3.74. The van der Waals surface area contributed by atoms with Crippen LogP contribution in [0.1, 0.15) is 13.8 Å². The molecule has 4 heteroatoms. The summed E-state index contributed by atoms with van der Waals surface area (Å²) in [5, 5.41) is 2.66. The predicted octanol–water partition coefficient (Wildman–Crippen LogP) is 2.75. The smallest absolute Gasteiger partial charge is 0.249 e. The quantitative estimate of drug-likeness (QED) is 0.652. The van der Waals surface area contributed by atoms with Gasteiger partial charge in [0.25, 0.3) is 0 Å². The van der Waals surface area contributed by atoms with Crippen molar-refractivity contribution in [3.63, 3.8) is 0 Å². The van der Waals surface area contributed by atoms with Gasteiger partial charge in [-0.25, -0.2) is 4.98 Å². The number of carbonyl (C=O) groups excluding carboxylic acids is 1. The number of rotatable bonds is 2. The Hall–Kier alpha value is -1.16. The van der Waals surface area contributed by atoms with E-state index in [1.165, 1.54) is 6.08 Å². The van der Waals surface area contributed by atoms with E-state index in [1.807, 2.05) is 19.9 Å². The molecular formula is C10H11BrN2O. The van der Waals surface area contributed by atoms with Gasteiger partial charge < -0.3 is 5.32 Å². The van der Waals surface area contributed by atoms with E-state index in [1.54, 1.807) is 12.1 Å². The molecule has 0 aromatic carbocycles. The van der Waals surface area contributed by atoms with E-state index in [-0.39, 0.29) is 5.91 Å². The van der Waals surface area contributed by atoms with Gasteiger partial charge in [0.05, 0.1) is 0 Å². The molecule has 0 aliphatic carbocycles. The summed E-state index contributed by atoms with van der Waals surface area (Å²) >= 11 is 3.23. The second kappa shape index (κ2) is 4.91. The highest BCUT2D eigenvalue weighted by Gasteiger charge is 1.99. The summed E-state index contributed by atoms with van der Waals surface area (Å²) in [5.41, 5.74) is 0.956. The lowest BCUT2D eigenvalue weighted by Gasteiger charge is -2.01. The van der Waals surface area contributed by atoms with Crippen LogP contribution in [0.25, 0.3) is 0 Å². The van der Waals surface area contributed by atoms with Crippen molar-refractivity contribution >= 4 is 27.7 Å². The van der Waals surface area contributed by atoms with Gasteiger partial charge in [-0.15, -0.1) is 0 Å². The Labute approximate surface area is 91.4 Å². The summed E-state index contributed by atoms with van der Waals surface area (Å²) in [4.78, 5) is 15.4.